The zero-order valence-electron chi connectivity index (χ0n) is 22.2. The molecule has 0 N–H and O–H groups in total. The van der Waals surface area contributed by atoms with Crippen molar-refractivity contribution in [3.63, 3.8) is 0 Å². The Balaban J connectivity index is 1.42. The monoisotopic (exact) mass is 501 g/mol. The Morgan fingerprint density at radius 1 is 0.842 bits per heavy atom. The number of Topliss-reactive ketones (excluding diaryl/α,β-unsaturated/α-hetero) is 1. The van der Waals surface area contributed by atoms with Gasteiger partial charge in [-0.25, -0.2) is 0 Å². The standard InChI is InChI=1S/C34H31NO3/c1-5-35(6-2)23-15-16-26-21(3)17-24(38-32(26)18-23)19-25-20-30(28-12-9-10-14-31(28)37-25)33-22(4)27-11-7-8-13-29(27)34(33)36/h7-20,22H,5-6H2,1-4H3. The van der Waals surface area contributed by atoms with Crippen molar-refractivity contribution in [2.45, 2.75) is 33.6 Å². The minimum atomic E-state index is 0.00320. The topological polar surface area (TPSA) is 38.8 Å². The average molecular weight is 502 g/mol. The Bertz CT molecular complexity index is 1580. The van der Waals surface area contributed by atoms with E-state index in [1.807, 2.05) is 60.7 Å². The van der Waals surface area contributed by atoms with Gasteiger partial charge in [-0.1, -0.05) is 49.4 Å². The van der Waals surface area contributed by atoms with E-state index in [0.29, 0.717) is 11.5 Å². The normalized spacial score (nSPS) is 20.6. The van der Waals surface area contributed by atoms with Gasteiger partial charge < -0.3 is 14.4 Å². The highest BCUT2D eigenvalue weighted by Crippen LogP contribution is 2.45. The highest BCUT2D eigenvalue weighted by atomic mass is 16.5. The van der Waals surface area contributed by atoms with Gasteiger partial charge in [0.15, 0.2) is 5.78 Å². The minimum Gasteiger partial charge on any atom is -0.457 e. The quantitative estimate of drug-likeness (QED) is 0.340. The number of fused-ring (bicyclic) bond motifs is 3. The van der Waals surface area contributed by atoms with E-state index in [9.17, 15) is 4.79 Å². The molecule has 0 aromatic heterocycles. The van der Waals surface area contributed by atoms with Crippen molar-refractivity contribution < 1.29 is 14.3 Å². The lowest BCUT2D eigenvalue weighted by molar-refractivity contribution is 0.103. The van der Waals surface area contributed by atoms with Gasteiger partial charge in [0, 0.05) is 59.1 Å². The Hall–Kier alpha value is -4.31. The van der Waals surface area contributed by atoms with E-state index in [-0.39, 0.29) is 11.7 Å². The number of carbonyl (C=O) groups excluding carboxylic acids is 1. The van der Waals surface area contributed by atoms with Crippen LogP contribution in [0.5, 0.6) is 11.5 Å². The van der Waals surface area contributed by atoms with Crippen LogP contribution in [-0.4, -0.2) is 18.9 Å². The lowest BCUT2D eigenvalue weighted by Gasteiger charge is -2.25. The number of hydrogen-bond acceptors (Lipinski definition) is 4. The molecule has 0 radical (unpaired) electrons. The van der Waals surface area contributed by atoms with Crippen LogP contribution < -0.4 is 14.4 Å². The van der Waals surface area contributed by atoms with Gasteiger partial charge in [0.05, 0.1) is 0 Å². The number of para-hydroxylation sites is 1. The van der Waals surface area contributed by atoms with Crippen molar-refractivity contribution in [2.75, 3.05) is 18.0 Å². The van der Waals surface area contributed by atoms with Gasteiger partial charge in [0.25, 0.3) is 0 Å². The average Bonchev–Trinajstić information content (AvgIpc) is 3.18. The fraction of sp³-hybridized carbons (Fsp3) is 0.206. The predicted molar refractivity (Wildman–Crippen MR) is 154 cm³/mol. The molecule has 0 fully saturated rings. The predicted octanol–water partition coefficient (Wildman–Crippen LogP) is 7.94. The van der Waals surface area contributed by atoms with Crippen LogP contribution in [0, 0.1) is 0 Å². The van der Waals surface area contributed by atoms with E-state index in [4.69, 9.17) is 9.47 Å². The second-order valence-corrected chi connectivity index (χ2v) is 9.94. The van der Waals surface area contributed by atoms with Crippen molar-refractivity contribution >= 4 is 22.6 Å². The lowest BCUT2D eigenvalue weighted by atomic mass is 9.89. The maximum atomic E-state index is 13.5. The highest BCUT2D eigenvalue weighted by molar-refractivity contribution is 6.19. The summed E-state index contributed by atoms with van der Waals surface area (Å²) in [5.41, 5.74) is 7.88. The van der Waals surface area contributed by atoms with E-state index >= 15 is 0 Å². The molecule has 4 nitrogen and oxygen atoms in total. The third-order valence-electron chi connectivity index (χ3n) is 7.72. The van der Waals surface area contributed by atoms with Crippen molar-refractivity contribution in [2.24, 2.45) is 0 Å². The molecule has 2 heterocycles. The summed E-state index contributed by atoms with van der Waals surface area (Å²) in [7, 11) is 0. The number of rotatable bonds is 4. The van der Waals surface area contributed by atoms with Crippen LogP contribution in [0.25, 0.3) is 11.1 Å². The number of allylic oxidation sites excluding steroid dienone is 6. The van der Waals surface area contributed by atoms with Crippen molar-refractivity contribution in [1.29, 1.82) is 0 Å². The maximum absolute atomic E-state index is 13.5. The number of anilines is 1. The zero-order valence-corrected chi connectivity index (χ0v) is 22.2. The van der Waals surface area contributed by atoms with E-state index in [1.165, 1.54) is 0 Å². The largest absolute Gasteiger partial charge is 0.457 e. The van der Waals surface area contributed by atoms with E-state index in [0.717, 1.165) is 69.2 Å². The molecule has 0 saturated carbocycles. The first-order chi connectivity index (χ1) is 18.5. The van der Waals surface area contributed by atoms with Gasteiger partial charge in [0.2, 0.25) is 0 Å². The number of ether oxygens (including phenoxy) is 2. The Morgan fingerprint density at radius 2 is 1.58 bits per heavy atom. The summed E-state index contributed by atoms with van der Waals surface area (Å²) >= 11 is 0. The van der Waals surface area contributed by atoms with Crippen molar-refractivity contribution in [3.05, 3.63) is 124 Å². The molecule has 38 heavy (non-hydrogen) atoms. The summed E-state index contributed by atoms with van der Waals surface area (Å²) in [5, 5.41) is 0. The van der Waals surface area contributed by atoms with Crippen LogP contribution in [0.2, 0.25) is 0 Å². The molecule has 190 valence electrons. The molecule has 1 aliphatic carbocycles. The number of nitrogens with zero attached hydrogens (tertiary/aromatic N) is 1. The summed E-state index contributed by atoms with van der Waals surface area (Å²) in [6.45, 7) is 10.4. The van der Waals surface area contributed by atoms with Crippen LogP contribution >= 0.6 is 0 Å². The maximum Gasteiger partial charge on any atom is 0.190 e. The third-order valence-corrected chi connectivity index (χ3v) is 7.72. The lowest BCUT2D eigenvalue weighted by Crippen LogP contribution is -2.21. The molecule has 1 unspecified atom stereocenters. The Kier molecular flexibility index (Phi) is 6.03. The molecule has 6 rings (SSSR count). The SMILES string of the molecule is CCN(CC)c1ccc2c(c1)OC(=CC1=CC(=C3C(=O)c4ccccc4C3C)c3ccccc3O1)C=C2C. The second kappa shape index (κ2) is 9.53. The molecule has 1 atom stereocenters. The smallest absolute Gasteiger partial charge is 0.190 e. The van der Waals surface area contributed by atoms with Gasteiger partial charge in [-0.05, 0) is 67.8 Å². The Labute approximate surface area is 224 Å². The van der Waals surface area contributed by atoms with E-state index < -0.39 is 0 Å². The molecule has 3 aromatic rings. The number of benzene rings is 3. The molecule has 2 aliphatic heterocycles. The van der Waals surface area contributed by atoms with E-state index in [2.05, 4.69) is 56.9 Å². The first-order valence-corrected chi connectivity index (χ1v) is 13.3. The van der Waals surface area contributed by atoms with Gasteiger partial charge >= 0.3 is 0 Å². The van der Waals surface area contributed by atoms with Crippen LogP contribution in [0.3, 0.4) is 0 Å². The second-order valence-electron chi connectivity index (χ2n) is 9.94. The van der Waals surface area contributed by atoms with Crippen LogP contribution in [-0.2, 0) is 0 Å². The molecule has 0 spiro atoms. The minimum absolute atomic E-state index is 0.00320. The first kappa shape index (κ1) is 24.1. The van der Waals surface area contributed by atoms with Crippen molar-refractivity contribution in [1.82, 2.24) is 0 Å². The number of ketones is 1. The number of carbonyl (C=O) groups is 1. The highest BCUT2D eigenvalue weighted by Gasteiger charge is 2.35. The van der Waals surface area contributed by atoms with Gasteiger partial charge in [-0.3, -0.25) is 4.79 Å². The van der Waals surface area contributed by atoms with Gasteiger partial charge in [-0.2, -0.15) is 0 Å². The molecule has 0 bridgehead atoms. The summed E-state index contributed by atoms with van der Waals surface area (Å²) < 4.78 is 12.7. The number of hydrogen-bond donors (Lipinski definition) is 0. The Morgan fingerprint density at radius 3 is 2.34 bits per heavy atom. The van der Waals surface area contributed by atoms with Crippen LogP contribution in [0.15, 0.2) is 102 Å². The molecule has 4 heteroatoms. The summed E-state index contributed by atoms with van der Waals surface area (Å²) in [4.78, 5) is 15.9. The summed E-state index contributed by atoms with van der Waals surface area (Å²) in [6, 6.07) is 22.2. The zero-order chi connectivity index (χ0) is 26.4. The molecular weight excluding hydrogens is 470 g/mol. The fourth-order valence-electron chi connectivity index (χ4n) is 5.75. The van der Waals surface area contributed by atoms with Crippen LogP contribution in [0.4, 0.5) is 5.69 Å². The van der Waals surface area contributed by atoms with Crippen molar-refractivity contribution in [3.8, 4) is 11.5 Å². The summed E-state index contributed by atoms with van der Waals surface area (Å²) in [6.07, 6.45) is 5.94. The molecule has 3 aliphatic rings. The third kappa shape index (κ3) is 3.97. The molecule has 0 saturated heterocycles. The molecular formula is C34H31NO3. The summed E-state index contributed by atoms with van der Waals surface area (Å²) in [5.74, 6) is 3.02. The van der Waals surface area contributed by atoms with Gasteiger partial charge in [0.1, 0.15) is 23.0 Å². The fourth-order valence-corrected chi connectivity index (χ4v) is 5.75. The molecule has 0 amide bonds. The van der Waals surface area contributed by atoms with Gasteiger partial charge in [-0.15, -0.1) is 0 Å². The van der Waals surface area contributed by atoms with E-state index in [1.54, 1.807) is 0 Å². The first-order valence-electron chi connectivity index (χ1n) is 13.3. The van der Waals surface area contributed by atoms with Crippen LogP contribution in [0.1, 0.15) is 60.7 Å². The molecule has 3 aromatic carbocycles.